The number of hydrogen-bond donors (Lipinski definition) is 1. The number of aliphatic hydroxyl groups is 1. The van der Waals surface area contributed by atoms with Gasteiger partial charge in [0.1, 0.15) is 30.0 Å². The molecule has 1 saturated heterocycles. The van der Waals surface area contributed by atoms with Crippen molar-refractivity contribution in [3.63, 3.8) is 0 Å². The number of cyclic esters (lactones) is 1. The van der Waals surface area contributed by atoms with Crippen LogP contribution in [0.2, 0.25) is 0 Å². The summed E-state index contributed by atoms with van der Waals surface area (Å²) in [5.41, 5.74) is 0.134. The van der Waals surface area contributed by atoms with Crippen molar-refractivity contribution in [2.75, 3.05) is 0 Å². The second kappa shape index (κ2) is 19.7. The average molecular weight is 745 g/mol. The van der Waals surface area contributed by atoms with Gasteiger partial charge in [-0.15, -0.1) is 0 Å². The highest BCUT2D eigenvalue weighted by molar-refractivity contribution is 5.90. The number of rotatable bonds is 13. The van der Waals surface area contributed by atoms with Crippen LogP contribution in [-0.2, 0) is 33.3 Å². The van der Waals surface area contributed by atoms with Crippen LogP contribution in [0, 0.1) is 17.8 Å². The van der Waals surface area contributed by atoms with E-state index in [1.54, 1.807) is 61.5 Å². The molecular weight excluding hydrogens is 688 g/mol. The molecule has 2 aliphatic rings. The van der Waals surface area contributed by atoms with Crippen molar-refractivity contribution in [3.05, 3.63) is 108 Å². The number of allylic oxidation sites excluding steroid dienone is 3. The quantitative estimate of drug-likeness (QED) is 0.0713. The van der Waals surface area contributed by atoms with Gasteiger partial charge in [0, 0.05) is 18.8 Å². The number of carbonyl (C=O) groups excluding carboxylic acids is 4. The summed E-state index contributed by atoms with van der Waals surface area (Å²) in [6.07, 6.45) is 8.04. The van der Waals surface area contributed by atoms with Crippen LogP contribution in [-0.4, -0.2) is 71.2 Å². The van der Waals surface area contributed by atoms with E-state index in [2.05, 4.69) is 19.9 Å². The zero-order valence-electron chi connectivity index (χ0n) is 32.5. The average Bonchev–Trinajstić information content (AvgIpc) is 3.91. The van der Waals surface area contributed by atoms with Gasteiger partial charge in [0.15, 0.2) is 0 Å². The highest BCUT2D eigenvalue weighted by Crippen LogP contribution is 2.37. The van der Waals surface area contributed by atoms with E-state index in [4.69, 9.17) is 23.7 Å². The van der Waals surface area contributed by atoms with Gasteiger partial charge in [0.25, 0.3) is 0 Å². The minimum atomic E-state index is -1.51. The Hall–Kier alpha value is -4.54. The molecular formula is C44H56O10. The SMILES string of the molecule is CCC(OC(=O)c1ccccc1)C(C)C1OC1CC(C)C=CC=C(C)C1OC(=O)CC(OC(=O)c2ccccc2)CCC(C)(O)C(OC(C)=O)C=CC1C. The summed E-state index contributed by atoms with van der Waals surface area (Å²) in [5, 5.41) is 11.4. The Labute approximate surface area is 319 Å². The van der Waals surface area contributed by atoms with E-state index in [0.29, 0.717) is 17.5 Å². The topological polar surface area (TPSA) is 138 Å². The number of hydrogen-bond acceptors (Lipinski definition) is 10. The maximum absolute atomic E-state index is 13.4. The van der Waals surface area contributed by atoms with Crippen LogP contribution >= 0.6 is 0 Å². The van der Waals surface area contributed by atoms with E-state index in [0.717, 1.165) is 12.0 Å². The molecule has 4 rings (SSSR count). The predicted octanol–water partition coefficient (Wildman–Crippen LogP) is 7.75. The van der Waals surface area contributed by atoms with E-state index in [-0.39, 0.29) is 61.3 Å². The largest absolute Gasteiger partial charge is 0.458 e. The van der Waals surface area contributed by atoms with Gasteiger partial charge in [-0.05, 0) is 81.4 Å². The summed E-state index contributed by atoms with van der Waals surface area (Å²) >= 11 is 0. The molecule has 10 nitrogen and oxygen atoms in total. The van der Waals surface area contributed by atoms with Crippen LogP contribution in [0.1, 0.15) is 101 Å². The van der Waals surface area contributed by atoms with Gasteiger partial charge >= 0.3 is 23.9 Å². The molecule has 2 aliphatic heterocycles. The molecule has 1 fully saturated rings. The van der Waals surface area contributed by atoms with Crippen molar-refractivity contribution in [1.82, 2.24) is 0 Å². The molecule has 10 atom stereocenters. The minimum Gasteiger partial charge on any atom is -0.458 e. The van der Waals surface area contributed by atoms with E-state index in [9.17, 15) is 24.3 Å². The van der Waals surface area contributed by atoms with Gasteiger partial charge in [0.05, 0.1) is 29.8 Å². The fraction of sp³-hybridized carbons (Fsp3) is 0.500. The monoisotopic (exact) mass is 744 g/mol. The molecule has 0 aliphatic carbocycles. The summed E-state index contributed by atoms with van der Waals surface area (Å²) in [4.78, 5) is 51.0. The molecule has 292 valence electrons. The molecule has 0 bridgehead atoms. The molecule has 0 aromatic heterocycles. The van der Waals surface area contributed by atoms with Crippen LogP contribution < -0.4 is 0 Å². The standard InChI is InChI=1S/C44H56O10/c1-8-36(53-43(48)34-20-13-10-14-21-34)31(5)41-37(52-41)26-28(2)16-15-17-29(3)40-30(4)22-23-38(50-32(6)45)44(7,49)25-24-35(27-39(46)54-40)51-42(47)33-18-11-9-12-19-33/h9-23,28,30-31,35-38,40-41,49H,8,24-27H2,1-7H3. The fourth-order valence-corrected chi connectivity index (χ4v) is 6.81. The van der Waals surface area contributed by atoms with Crippen LogP contribution in [0.25, 0.3) is 0 Å². The lowest BCUT2D eigenvalue weighted by Gasteiger charge is -2.33. The van der Waals surface area contributed by atoms with Crippen LogP contribution in [0.4, 0.5) is 0 Å². The zero-order valence-corrected chi connectivity index (χ0v) is 32.5. The van der Waals surface area contributed by atoms with Gasteiger partial charge in [-0.25, -0.2) is 9.59 Å². The summed E-state index contributed by atoms with van der Waals surface area (Å²) in [5.74, 6) is -2.16. The van der Waals surface area contributed by atoms with Gasteiger partial charge in [-0.2, -0.15) is 0 Å². The lowest BCUT2D eigenvalue weighted by atomic mass is 9.88. The summed E-state index contributed by atoms with van der Waals surface area (Å²) in [6.45, 7) is 12.8. The van der Waals surface area contributed by atoms with Crippen LogP contribution in [0.15, 0.2) is 96.6 Å². The third kappa shape index (κ3) is 12.5. The Morgan fingerprint density at radius 2 is 1.59 bits per heavy atom. The minimum absolute atomic E-state index is 0.00213. The third-order valence-corrected chi connectivity index (χ3v) is 10.1. The molecule has 2 aromatic carbocycles. The number of carbonyl (C=O) groups is 4. The van der Waals surface area contributed by atoms with Crippen LogP contribution in [0.5, 0.6) is 0 Å². The van der Waals surface area contributed by atoms with Gasteiger partial charge in [-0.3, -0.25) is 9.59 Å². The molecule has 10 heteroatoms. The molecule has 2 aromatic rings. The molecule has 2 heterocycles. The summed E-state index contributed by atoms with van der Waals surface area (Å²) in [6, 6.07) is 17.5. The van der Waals surface area contributed by atoms with Crippen molar-refractivity contribution in [2.24, 2.45) is 17.8 Å². The van der Waals surface area contributed by atoms with E-state index < -0.39 is 41.8 Å². The second-order valence-corrected chi connectivity index (χ2v) is 14.9. The Kier molecular flexibility index (Phi) is 15.4. The van der Waals surface area contributed by atoms with Gasteiger partial charge in [-0.1, -0.05) is 88.4 Å². The fourth-order valence-electron chi connectivity index (χ4n) is 6.81. The second-order valence-electron chi connectivity index (χ2n) is 14.9. The number of ether oxygens (including phenoxy) is 5. The van der Waals surface area contributed by atoms with E-state index >= 15 is 0 Å². The van der Waals surface area contributed by atoms with Crippen molar-refractivity contribution in [2.45, 2.75) is 123 Å². The summed E-state index contributed by atoms with van der Waals surface area (Å²) < 4.78 is 29.2. The normalized spacial score (nSPS) is 28.1. The Morgan fingerprint density at radius 1 is 0.963 bits per heavy atom. The molecule has 1 N–H and O–H groups in total. The van der Waals surface area contributed by atoms with Crippen molar-refractivity contribution >= 4 is 23.9 Å². The van der Waals surface area contributed by atoms with E-state index in [1.165, 1.54) is 6.92 Å². The van der Waals surface area contributed by atoms with Crippen molar-refractivity contribution in [1.29, 1.82) is 0 Å². The zero-order chi connectivity index (χ0) is 39.4. The summed E-state index contributed by atoms with van der Waals surface area (Å²) in [7, 11) is 0. The van der Waals surface area contributed by atoms with Crippen LogP contribution in [0.3, 0.4) is 0 Å². The first kappa shape index (κ1) is 42.2. The maximum Gasteiger partial charge on any atom is 0.338 e. The molecule has 0 amide bonds. The number of esters is 4. The van der Waals surface area contributed by atoms with Crippen molar-refractivity contribution in [3.8, 4) is 0 Å². The highest BCUT2D eigenvalue weighted by Gasteiger charge is 2.46. The first-order chi connectivity index (χ1) is 25.7. The first-order valence-corrected chi connectivity index (χ1v) is 19.0. The third-order valence-electron chi connectivity index (χ3n) is 10.1. The molecule has 0 saturated carbocycles. The smallest absolute Gasteiger partial charge is 0.338 e. The number of benzene rings is 2. The number of epoxide rings is 1. The lowest BCUT2D eigenvalue weighted by molar-refractivity contribution is -0.157. The molecule has 54 heavy (non-hydrogen) atoms. The van der Waals surface area contributed by atoms with E-state index in [1.807, 2.05) is 51.1 Å². The maximum atomic E-state index is 13.4. The Bertz CT molecular complexity index is 1650. The molecule has 0 spiro atoms. The van der Waals surface area contributed by atoms with Gasteiger partial charge in [0.2, 0.25) is 0 Å². The predicted molar refractivity (Wildman–Crippen MR) is 204 cm³/mol. The molecule has 10 unspecified atom stereocenters. The van der Waals surface area contributed by atoms with Gasteiger partial charge < -0.3 is 28.8 Å². The lowest BCUT2D eigenvalue weighted by Crippen LogP contribution is -2.42. The van der Waals surface area contributed by atoms with Crippen molar-refractivity contribution < 1.29 is 48.0 Å². The Balaban J connectivity index is 1.42. The first-order valence-electron chi connectivity index (χ1n) is 19.0. The highest BCUT2D eigenvalue weighted by atomic mass is 16.6. The Morgan fingerprint density at radius 3 is 2.20 bits per heavy atom. The molecule has 0 radical (unpaired) electrons.